The van der Waals surface area contributed by atoms with E-state index in [0.717, 1.165) is 19.3 Å². The van der Waals surface area contributed by atoms with Crippen molar-refractivity contribution in [2.45, 2.75) is 30.2 Å². The van der Waals surface area contributed by atoms with Gasteiger partial charge in [0.2, 0.25) is 15.9 Å². The Morgan fingerprint density at radius 1 is 1.19 bits per heavy atom. The molecule has 0 saturated heterocycles. The maximum absolute atomic E-state index is 12.4. The Bertz CT molecular complexity index is 659. The van der Waals surface area contributed by atoms with Gasteiger partial charge in [-0.3, -0.25) is 4.79 Å². The number of amides is 1. The fraction of sp³-hybridized carbons (Fsp3) is 0.500. The van der Waals surface area contributed by atoms with Crippen LogP contribution in [-0.2, 0) is 14.8 Å². The second-order valence-electron chi connectivity index (χ2n) is 5.86. The highest BCUT2D eigenvalue weighted by atomic mass is 35.5. The van der Waals surface area contributed by atoms with E-state index in [-0.39, 0.29) is 22.8 Å². The molecule has 0 aromatic heterocycles. The molecule has 2 aliphatic carbocycles. The fourth-order valence-electron chi connectivity index (χ4n) is 3.73. The van der Waals surface area contributed by atoms with Gasteiger partial charge in [0, 0.05) is 11.1 Å². The van der Waals surface area contributed by atoms with E-state index in [2.05, 4.69) is 4.72 Å². The van der Waals surface area contributed by atoms with Crippen molar-refractivity contribution < 1.29 is 13.2 Å². The van der Waals surface area contributed by atoms with Crippen LogP contribution in [0.3, 0.4) is 0 Å². The van der Waals surface area contributed by atoms with Gasteiger partial charge in [-0.15, -0.1) is 0 Å². The van der Waals surface area contributed by atoms with E-state index < -0.39 is 21.8 Å². The van der Waals surface area contributed by atoms with Crippen LogP contribution in [0.25, 0.3) is 0 Å². The average molecular weight is 329 g/mol. The number of fused-ring (bicyclic) bond motifs is 2. The zero-order chi connectivity index (χ0) is 15.2. The summed E-state index contributed by atoms with van der Waals surface area (Å²) in [4.78, 5) is 11.8. The summed E-state index contributed by atoms with van der Waals surface area (Å²) in [6.45, 7) is 0. The summed E-state index contributed by atoms with van der Waals surface area (Å²) in [7, 11) is -3.67. The number of hydrogen-bond acceptors (Lipinski definition) is 3. The van der Waals surface area contributed by atoms with Gasteiger partial charge in [0.15, 0.2) is 0 Å². The molecule has 4 unspecified atom stereocenters. The molecular weight excluding hydrogens is 312 g/mol. The highest BCUT2D eigenvalue weighted by molar-refractivity contribution is 7.89. The number of nitrogens with one attached hydrogen (secondary N) is 1. The zero-order valence-electron chi connectivity index (χ0n) is 11.3. The Morgan fingerprint density at radius 2 is 1.81 bits per heavy atom. The lowest BCUT2D eigenvalue weighted by Gasteiger charge is -2.29. The Kier molecular flexibility index (Phi) is 3.71. The van der Waals surface area contributed by atoms with Gasteiger partial charge in [-0.05, 0) is 55.4 Å². The van der Waals surface area contributed by atoms with Gasteiger partial charge in [-0.2, -0.15) is 0 Å². The molecule has 5 nitrogen and oxygen atoms in total. The Morgan fingerprint density at radius 3 is 2.43 bits per heavy atom. The Hall–Kier alpha value is -1.11. The molecule has 2 aliphatic rings. The van der Waals surface area contributed by atoms with E-state index in [0.29, 0.717) is 5.02 Å². The van der Waals surface area contributed by atoms with Crippen molar-refractivity contribution in [2.24, 2.45) is 23.5 Å². The third-order valence-corrected chi connectivity index (χ3v) is 6.39. The van der Waals surface area contributed by atoms with E-state index in [4.69, 9.17) is 17.3 Å². The summed E-state index contributed by atoms with van der Waals surface area (Å²) in [5, 5.41) is 0.476. The molecule has 3 N–H and O–H groups in total. The summed E-state index contributed by atoms with van der Waals surface area (Å²) in [6, 6.07) is 5.58. The maximum Gasteiger partial charge on any atom is 0.240 e. The summed E-state index contributed by atoms with van der Waals surface area (Å²) >= 11 is 5.77. The SMILES string of the molecule is NC(=O)C1C2CCC(C2)C1NS(=O)(=O)c1ccc(Cl)cc1. The minimum atomic E-state index is -3.67. The maximum atomic E-state index is 12.4. The number of carbonyl (C=O) groups is 1. The second-order valence-corrected chi connectivity index (χ2v) is 8.01. The van der Waals surface area contributed by atoms with Crippen molar-refractivity contribution in [1.29, 1.82) is 0 Å². The van der Waals surface area contributed by atoms with Crippen molar-refractivity contribution in [3.63, 3.8) is 0 Å². The highest BCUT2D eigenvalue weighted by Gasteiger charge is 2.51. The van der Waals surface area contributed by atoms with E-state index in [1.807, 2.05) is 0 Å². The van der Waals surface area contributed by atoms with Crippen LogP contribution in [0.5, 0.6) is 0 Å². The molecule has 2 saturated carbocycles. The molecule has 1 aromatic carbocycles. The highest BCUT2D eigenvalue weighted by Crippen LogP contribution is 2.48. The first-order valence-corrected chi connectivity index (χ1v) is 8.82. The molecule has 7 heteroatoms. The molecule has 1 aromatic rings. The van der Waals surface area contributed by atoms with Gasteiger partial charge in [0.1, 0.15) is 0 Å². The monoisotopic (exact) mass is 328 g/mol. The van der Waals surface area contributed by atoms with Crippen LogP contribution in [0.2, 0.25) is 5.02 Å². The quantitative estimate of drug-likeness (QED) is 0.878. The number of carbonyl (C=O) groups excluding carboxylic acids is 1. The normalized spacial score (nSPS) is 31.5. The average Bonchev–Trinajstić information content (AvgIpc) is 2.99. The number of hydrogen-bond donors (Lipinski definition) is 2. The Balaban J connectivity index is 1.85. The molecule has 114 valence electrons. The standard InChI is InChI=1S/C14H17ClN2O3S/c15-10-3-5-11(6-4-10)21(19,20)17-13-9-2-1-8(7-9)12(13)14(16)18/h3-6,8-9,12-13,17H,1-2,7H2,(H2,16,18). The molecular formula is C14H17ClN2O3S. The molecule has 0 aliphatic heterocycles. The number of rotatable bonds is 4. The predicted molar refractivity (Wildman–Crippen MR) is 79.1 cm³/mol. The van der Waals surface area contributed by atoms with Gasteiger partial charge >= 0.3 is 0 Å². The van der Waals surface area contributed by atoms with Crippen LogP contribution in [-0.4, -0.2) is 20.4 Å². The van der Waals surface area contributed by atoms with Crippen molar-refractivity contribution >= 4 is 27.5 Å². The van der Waals surface area contributed by atoms with Gasteiger partial charge < -0.3 is 5.73 Å². The summed E-state index contributed by atoms with van der Waals surface area (Å²) in [5.41, 5.74) is 5.46. The molecule has 0 heterocycles. The van der Waals surface area contributed by atoms with Crippen LogP contribution in [0.4, 0.5) is 0 Å². The van der Waals surface area contributed by atoms with Gasteiger partial charge in [-0.1, -0.05) is 11.6 Å². The largest absolute Gasteiger partial charge is 0.369 e. The third-order valence-electron chi connectivity index (χ3n) is 4.66. The second kappa shape index (κ2) is 5.26. The van der Waals surface area contributed by atoms with Crippen LogP contribution < -0.4 is 10.5 Å². The van der Waals surface area contributed by atoms with E-state index >= 15 is 0 Å². The topological polar surface area (TPSA) is 89.3 Å². The number of nitrogens with two attached hydrogens (primary N) is 1. The van der Waals surface area contributed by atoms with Crippen molar-refractivity contribution in [3.8, 4) is 0 Å². The predicted octanol–water partition coefficient (Wildman–Crippen LogP) is 1.52. The van der Waals surface area contributed by atoms with E-state index in [9.17, 15) is 13.2 Å². The number of benzene rings is 1. The molecule has 3 rings (SSSR count). The Labute approximate surface area is 128 Å². The molecule has 2 bridgehead atoms. The number of sulfonamides is 1. The summed E-state index contributed by atoms with van der Waals surface area (Å²) < 4.78 is 27.6. The van der Waals surface area contributed by atoms with Gasteiger partial charge in [0.05, 0.1) is 10.8 Å². The third kappa shape index (κ3) is 2.67. The zero-order valence-corrected chi connectivity index (χ0v) is 12.9. The summed E-state index contributed by atoms with van der Waals surface area (Å²) in [5.74, 6) is -0.392. The first-order chi connectivity index (χ1) is 9.88. The lowest BCUT2D eigenvalue weighted by molar-refractivity contribution is -0.123. The molecule has 21 heavy (non-hydrogen) atoms. The fourth-order valence-corrected chi connectivity index (χ4v) is 5.19. The number of primary amides is 1. The lowest BCUT2D eigenvalue weighted by atomic mass is 9.84. The lowest BCUT2D eigenvalue weighted by Crippen LogP contribution is -2.48. The molecule has 4 atom stereocenters. The van der Waals surface area contributed by atoms with E-state index in [1.165, 1.54) is 24.3 Å². The molecule has 1 amide bonds. The van der Waals surface area contributed by atoms with Crippen molar-refractivity contribution in [2.75, 3.05) is 0 Å². The smallest absolute Gasteiger partial charge is 0.240 e. The first kappa shape index (κ1) is 14.8. The van der Waals surface area contributed by atoms with Gasteiger partial charge in [-0.25, -0.2) is 13.1 Å². The van der Waals surface area contributed by atoms with Gasteiger partial charge in [0.25, 0.3) is 0 Å². The minimum absolute atomic E-state index is 0.151. The molecule has 0 spiro atoms. The first-order valence-electron chi connectivity index (χ1n) is 6.96. The van der Waals surface area contributed by atoms with Crippen LogP contribution >= 0.6 is 11.6 Å². The summed E-state index contributed by atoms with van der Waals surface area (Å²) in [6.07, 6.45) is 2.78. The molecule has 0 radical (unpaired) electrons. The number of halogens is 1. The van der Waals surface area contributed by atoms with Crippen molar-refractivity contribution in [3.05, 3.63) is 29.3 Å². The van der Waals surface area contributed by atoms with Crippen LogP contribution in [0.1, 0.15) is 19.3 Å². The van der Waals surface area contributed by atoms with E-state index in [1.54, 1.807) is 0 Å². The minimum Gasteiger partial charge on any atom is -0.369 e. The van der Waals surface area contributed by atoms with Crippen molar-refractivity contribution in [1.82, 2.24) is 4.72 Å². The molecule has 2 fully saturated rings. The van der Waals surface area contributed by atoms with Crippen LogP contribution in [0, 0.1) is 17.8 Å². The van der Waals surface area contributed by atoms with Crippen LogP contribution in [0.15, 0.2) is 29.2 Å².